The minimum absolute atomic E-state index is 0.360. The lowest BCUT2D eigenvalue weighted by atomic mass is 9.91. The molecule has 0 atom stereocenters. The second-order valence-corrected chi connectivity index (χ2v) is 5.36. The van der Waals surface area contributed by atoms with Gasteiger partial charge in [0.2, 0.25) is 0 Å². The van der Waals surface area contributed by atoms with Crippen LogP contribution in [0.5, 0.6) is 0 Å². The Morgan fingerprint density at radius 3 is 2.56 bits per heavy atom. The predicted molar refractivity (Wildman–Crippen MR) is 74.8 cm³/mol. The van der Waals surface area contributed by atoms with Crippen molar-refractivity contribution in [3.05, 3.63) is 28.8 Å². The van der Waals surface area contributed by atoms with Crippen LogP contribution in [0.3, 0.4) is 0 Å². The number of nitrogens with zero attached hydrogens (tertiary/aromatic N) is 2. The van der Waals surface area contributed by atoms with Gasteiger partial charge in [-0.3, -0.25) is 0 Å². The Balaban J connectivity index is 2.11. The molecule has 3 nitrogen and oxygen atoms in total. The third-order valence-corrected chi connectivity index (χ3v) is 4.08. The number of nitrogens with two attached hydrogens (primary N) is 1. The van der Waals surface area contributed by atoms with E-state index in [1.54, 1.807) is 6.07 Å². The molecule has 0 unspecified atom stereocenters. The zero-order valence-electron chi connectivity index (χ0n) is 10.6. The van der Waals surface area contributed by atoms with Crippen molar-refractivity contribution >= 4 is 17.3 Å². The van der Waals surface area contributed by atoms with E-state index in [2.05, 4.69) is 18.0 Å². The third kappa shape index (κ3) is 2.77. The zero-order valence-corrected chi connectivity index (χ0v) is 11.3. The molecule has 96 valence electrons. The molecule has 1 aromatic carbocycles. The van der Waals surface area contributed by atoms with Crippen LogP contribution < -0.4 is 10.6 Å². The maximum absolute atomic E-state index is 8.86. The first-order valence-electron chi connectivity index (χ1n) is 6.30. The zero-order chi connectivity index (χ0) is 13.1. The van der Waals surface area contributed by atoms with Gasteiger partial charge >= 0.3 is 0 Å². The van der Waals surface area contributed by atoms with Crippen molar-refractivity contribution in [2.24, 2.45) is 5.73 Å². The molecule has 18 heavy (non-hydrogen) atoms. The highest BCUT2D eigenvalue weighted by molar-refractivity contribution is 6.32. The molecule has 1 fully saturated rings. The number of hydrogen-bond acceptors (Lipinski definition) is 3. The van der Waals surface area contributed by atoms with Crippen molar-refractivity contribution in [2.75, 3.05) is 11.9 Å². The average Bonchev–Trinajstić information content (AvgIpc) is 2.38. The molecule has 0 spiro atoms. The lowest BCUT2D eigenvalue weighted by Gasteiger charge is -2.35. The van der Waals surface area contributed by atoms with Crippen LogP contribution in [0.1, 0.15) is 31.2 Å². The maximum Gasteiger partial charge on any atom is 0.101 e. The third-order valence-electron chi connectivity index (χ3n) is 3.77. The molecule has 1 aromatic rings. The summed E-state index contributed by atoms with van der Waals surface area (Å²) in [5.41, 5.74) is 7.52. The normalized spacial score (nSPS) is 23.4. The minimum atomic E-state index is 0.360. The van der Waals surface area contributed by atoms with Gasteiger partial charge in [-0.2, -0.15) is 5.26 Å². The molecule has 2 N–H and O–H groups in total. The van der Waals surface area contributed by atoms with E-state index in [1.807, 2.05) is 12.1 Å². The van der Waals surface area contributed by atoms with Crippen molar-refractivity contribution in [3.8, 4) is 6.07 Å². The van der Waals surface area contributed by atoms with Gasteiger partial charge in [0.15, 0.2) is 0 Å². The number of halogens is 1. The van der Waals surface area contributed by atoms with Crippen LogP contribution in [0.4, 0.5) is 5.69 Å². The molecule has 0 radical (unpaired) electrons. The second kappa shape index (κ2) is 5.60. The molecule has 0 heterocycles. The summed E-state index contributed by atoms with van der Waals surface area (Å²) < 4.78 is 0. The Morgan fingerprint density at radius 2 is 2.00 bits per heavy atom. The summed E-state index contributed by atoms with van der Waals surface area (Å²) in [4.78, 5) is 2.25. The van der Waals surface area contributed by atoms with Gasteiger partial charge in [0.1, 0.15) is 6.07 Å². The highest BCUT2D eigenvalue weighted by Gasteiger charge is 2.22. The summed E-state index contributed by atoms with van der Waals surface area (Å²) in [6.07, 6.45) is 4.41. The molecule has 2 rings (SSSR count). The monoisotopic (exact) mass is 263 g/mol. The number of benzene rings is 1. The van der Waals surface area contributed by atoms with Crippen LogP contribution >= 0.6 is 11.6 Å². The van der Waals surface area contributed by atoms with Crippen molar-refractivity contribution in [1.29, 1.82) is 5.26 Å². The highest BCUT2D eigenvalue weighted by Crippen LogP contribution is 2.28. The van der Waals surface area contributed by atoms with Crippen molar-refractivity contribution < 1.29 is 0 Å². The van der Waals surface area contributed by atoms with Gasteiger partial charge < -0.3 is 10.6 Å². The van der Waals surface area contributed by atoms with Crippen LogP contribution in [0, 0.1) is 11.3 Å². The SMILES string of the molecule is CN(c1ccc(C#N)c(Cl)c1)C1CCC(N)CC1. The van der Waals surface area contributed by atoms with Crippen molar-refractivity contribution in [3.63, 3.8) is 0 Å². The average molecular weight is 264 g/mol. The number of anilines is 1. The fourth-order valence-corrected chi connectivity index (χ4v) is 2.73. The smallest absolute Gasteiger partial charge is 0.101 e. The lowest BCUT2D eigenvalue weighted by Crippen LogP contribution is -2.38. The summed E-state index contributed by atoms with van der Waals surface area (Å²) in [6.45, 7) is 0. The molecule has 0 aromatic heterocycles. The van der Waals surface area contributed by atoms with Crippen LogP contribution in [-0.2, 0) is 0 Å². The quantitative estimate of drug-likeness (QED) is 0.893. The second-order valence-electron chi connectivity index (χ2n) is 4.96. The molecule has 1 aliphatic rings. The first-order chi connectivity index (χ1) is 8.61. The molecule has 4 heteroatoms. The Hall–Kier alpha value is -1.24. The molecule has 0 aliphatic heterocycles. The summed E-state index contributed by atoms with van der Waals surface area (Å²) in [7, 11) is 2.08. The number of nitriles is 1. The lowest BCUT2D eigenvalue weighted by molar-refractivity contribution is 0.385. The fraction of sp³-hybridized carbons (Fsp3) is 0.500. The van der Waals surface area contributed by atoms with Gasteiger partial charge in [0.05, 0.1) is 10.6 Å². The van der Waals surface area contributed by atoms with Crippen LogP contribution in [0.2, 0.25) is 5.02 Å². The first kappa shape index (κ1) is 13.2. The molecule has 0 bridgehead atoms. The molecule has 1 aliphatic carbocycles. The van der Waals surface area contributed by atoms with E-state index in [0.29, 0.717) is 22.7 Å². The van der Waals surface area contributed by atoms with Crippen LogP contribution in [-0.4, -0.2) is 19.1 Å². The number of rotatable bonds is 2. The highest BCUT2D eigenvalue weighted by atomic mass is 35.5. The van der Waals surface area contributed by atoms with E-state index in [9.17, 15) is 0 Å². The van der Waals surface area contributed by atoms with Crippen LogP contribution in [0.15, 0.2) is 18.2 Å². The molecular formula is C14H18ClN3. The summed E-state index contributed by atoms with van der Waals surface area (Å²) in [5, 5.41) is 9.39. The van der Waals surface area contributed by atoms with E-state index in [0.717, 1.165) is 31.4 Å². The largest absolute Gasteiger partial charge is 0.372 e. The molecule has 0 amide bonds. The first-order valence-corrected chi connectivity index (χ1v) is 6.67. The van der Waals surface area contributed by atoms with Crippen molar-refractivity contribution in [1.82, 2.24) is 0 Å². The fourth-order valence-electron chi connectivity index (χ4n) is 2.51. The van der Waals surface area contributed by atoms with E-state index in [-0.39, 0.29) is 0 Å². The Labute approximate surface area is 113 Å². The Morgan fingerprint density at radius 1 is 1.33 bits per heavy atom. The predicted octanol–water partition coefficient (Wildman–Crippen LogP) is 2.92. The van der Waals surface area contributed by atoms with Gasteiger partial charge in [-0.05, 0) is 43.9 Å². The Kier molecular flexibility index (Phi) is 4.11. The van der Waals surface area contributed by atoms with Crippen molar-refractivity contribution in [2.45, 2.75) is 37.8 Å². The standard InChI is InChI=1S/C14H18ClN3/c1-18(12-6-3-11(17)4-7-12)13-5-2-10(9-16)14(15)8-13/h2,5,8,11-12H,3-4,6-7,17H2,1H3. The number of hydrogen-bond donors (Lipinski definition) is 1. The summed E-state index contributed by atoms with van der Waals surface area (Å²) in [5.74, 6) is 0. The van der Waals surface area contributed by atoms with Crippen LogP contribution in [0.25, 0.3) is 0 Å². The summed E-state index contributed by atoms with van der Waals surface area (Å²) in [6, 6.07) is 8.57. The molecule has 1 saturated carbocycles. The van der Waals surface area contributed by atoms with Gasteiger partial charge in [0, 0.05) is 24.8 Å². The van der Waals surface area contributed by atoms with Gasteiger partial charge in [0.25, 0.3) is 0 Å². The maximum atomic E-state index is 8.86. The van der Waals surface area contributed by atoms with E-state index >= 15 is 0 Å². The topological polar surface area (TPSA) is 53.0 Å². The van der Waals surface area contributed by atoms with E-state index in [4.69, 9.17) is 22.6 Å². The molecular weight excluding hydrogens is 246 g/mol. The van der Waals surface area contributed by atoms with E-state index < -0.39 is 0 Å². The molecule has 0 saturated heterocycles. The Bertz CT molecular complexity index is 459. The summed E-state index contributed by atoms with van der Waals surface area (Å²) >= 11 is 6.07. The van der Waals surface area contributed by atoms with Gasteiger partial charge in [-0.15, -0.1) is 0 Å². The van der Waals surface area contributed by atoms with Gasteiger partial charge in [-0.1, -0.05) is 11.6 Å². The van der Waals surface area contributed by atoms with E-state index in [1.165, 1.54) is 0 Å². The van der Waals surface area contributed by atoms with Gasteiger partial charge in [-0.25, -0.2) is 0 Å². The minimum Gasteiger partial charge on any atom is -0.372 e.